The molecule has 0 atom stereocenters. The van der Waals surface area contributed by atoms with Crippen LogP contribution in [0.25, 0.3) is 0 Å². The fourth-order valence-corrected chi connectivity index (χ4v) is 1.91. The van der Waals surface area contributed by atoms with Gasteiger partial charge >= 0.3 is 5.97 Å². The van der Waals surface area contributed by atoms with Gasteiger partial charge in [0.05, 0.1) is 11.3 Å². The van der Waals surface area contributed by atoms with Crippen LogP contribution in [0, 0.1) is 0 Å². The van der Waals surface area contributed by atoms with Crippen LogP contribution >= 0.6 is 0 Å². The standard InChI is InChI=1S/C10H14N2O4S/c1-11-17(15,16)9-4-2-8(3-5-9)12-7-6-10(13)14/h2-5,11-12H,6-7H2,1H3,(H,13,14). The third kappa shape index (κ3) is 4.04. The Labute approximate surface area is 99.7 Å². The third-order valence-electron chi connectivity index (χ3n) is 2.10. The van der Waals surface area contributed by atoms with Crippen LogP contribution in [0.5, 0.6) is 0 Å². The van der Waals surface area contributed by atoms with Gasteiger partial charge in [-0.25, -0.2) is 13.1 Å². The van der Waals surface area contributed by atoms with Gasteiger partial charge in [-0.3, -0.25) is 4.79 Å². The Balaban J connectivity index is 2.66. The lowest BCUT2D eigenvalue weighted by Gasteiger charge is -2.06. The molecule has 1 aromatic carbocycles. The molecule has 0 unspecified atom stereocenters. The van der Waals surface area contributed by atoms with Gasteiger partial charge in [0.1, 0.15) is 0 Å². The summed E-state index contributed by atoms with van der Waals surface area (Å²) in [6, 6.07) is 6.09. The Morgan fingerprint density at radius 2 is 1.88 bits per heavy atom. The summed E-state index contributed by atoms with van der Waals surface area (Å²) in [6.45, 7) is 0.299. The first-order valence-corrected chi connectivity index (χ1v) is 6.43. The molecule has 6 nitrogen and oxygen atoms in total. The number of aliphatic carboxylic acids is 1. The summed E-state index contributed by atoms with van der Waals surface area (Å²) in [6.07, 6.45) is 0.0105. The second-order valence-electron chi connectivity index (χ2n) is 3.30. The van der Waals surface area contributed by atoms with Crippen LogP contribution in [0.2, 0.25) is 0 Å². The van der Waals surface area contributed by atoms with E-state index in [-0.39, 0.29) is 11.3 Å². The van der Waals surface area contributed by atoms with E-state index >= 15 is 0 Å². The minimum atomic E-state index is -3.42. The molecule has 17 heavy (non-hydrogen) atoms. The number of carbonyl (C=O) groups is 1. The zero-order chi connectivity index (χ0) is 12.9. The smallest absolute Gasteiger partial charge is 0.305 e. The second kappa shape index (κ2) is 5.65. The zero-order valence-electron chi connectivity index (χ0n) is 9.30. The van der Waals surface area contributed by atoms with Crippen molar-refractivity contribution in [2.75, 3.05) is 18.9 Å². The first kappa shape index (κ1) is 13.5. The average molecular weight is 258 g/mol. The van der Waals surface area contributed by atoms with E-state index in [0.717, 1.165) is 0 Å². The number of anilines is 1. The van der Waals surface area contributed by atoms with E-state index < -0.39 is 16.0 Å². The maximum absolute atomic E-state index is 11.4. The third-order valence-corrected chi connectivity index (χ3v) is 3.53. The number of benzene rings is 1. The molecule has 1 aromatic rings. The Kier molecular flexibility index (Phi) is 4.47. The molecule has 94 valence electrons. The highest BCUT2D eigenvalue weighted by atomic mass is 32.2. The van der Waals surface area contributed by atoms with E-state index in [0.29, 0.717) is 12.2 Å². The number of carboxylic acid groups (broad SMARTS) is 1. The molecule has 0 aliphatic carbocycles. The van der Waals surface area contributed by atoms with Crippen molar-refractivity contribution < 1.29 is 18.3 Å². The van der Waals surface area contributed by atoms with Crippen molar-refractivity contribution in [2.24, 2.45) is 0 Å². The highest BCUT2D eigenvalue weighted by molar-refractivity contribution is 7.89. The Morgan fingerprint density at radius 1 is 1.29 bits per heavy atom. The van der Waals surface area contributed by atoms with Crippen LogP contribution in [0.15, 0.2) is 29.2 Å². The number of hydrogen-bond donors (Lipinski definition) is 3. The predicted octanol–water partition coefficient (Wildman–Crippen LogP) is 0.481. The topological polar surface area (TPSA) is 95.5 Å². The van der Waals surface area contributed by atoms with Crippen LogP contribution in [0.3, 0.4) is 0 Å². The molecular formula is C10H14N2O4S. The maximum Gasteiger partial charge on any atom is 0.305 e. The fraction of sp³-hybridized carbons (Fsp3) is 0.300. The van der Waals surface area contributed by atoms with Gasteiger partial charge < -0.3 is 10.4 Å². The molecule has 0 fully saturated rings. The quantitative estimate of drug-likeness (QED) is 0.690. The van der Waals surface area contributed by atoms with Crippen molar-refractivity contribution in [2.45, 2.75) is 11.3 Å². The van der Waals surface area contributed by atoms with E-state index in [4.69, 9.17) is 5.11 Å². The number of sulfonamides is 1. The lowest BCUT2D eigenvalue weighted by atomic mass is 10.3. The number of rotatable bonds is 6. The van der Waals surface area contributed by atoms with Gasteiger partial charge in [-0.15, -0.1) is 0 Å². The van der Waals surface area contributed by atoms with Crippen LogP contribution in [0.1, 0.15) is 6.42 Å². The first-order chi connectivity index (χ1) is 7.95. The van der Waals surface area contributed by atoms with Gasteiger partial charge in [-0.1, -0.05) is 0 Å². The fourth-order valence-electron chi connectivity index (χ4n) is 1.18. The molecule has 0 saturated heterocycles. The van der Waals surface area contributed by atoms with Gasteiger partial charge in [0.15, 0.2) is 0 Å². The summed E-state index contributed by atoms with van der Waals surface area (Å²) in [7, 11) is -2.08. The SMILES string of the molecule is CNS(=O)(=O)c1ccc(NCCC(=O)O)cc1. The van der Waals surface area contributed by atoms with Crippen molar-refractivity contribution in [3.05, 3.63) is 24.3 Å². The molecular weight excluding hydrogens is 244 g/mol. The van der Waals surface area contributed by atoms with Crippen LogP contribution in [-0.4, -0.2) is 33.1 Å². The molecule has 7 heteroatoms. The first-order valence-electron chi connectivity index (χ1n) is 4.95. The van der Waals surface area contributed by atoms with Gasteiger partial charge in [0.25, 0.3) is 0 Å². The van der Waals surface area contributed by atoms with Crippen molar-refractivity contribution in [1.29, 1.82) is 0 Å². The molecule has 0 saturated carbocycles. The molecule has 0 spiro atoms. The molecule has 0 aliphatic heterocycles. The Bertz CT molecular complexity index is 482. The molecule has 0 radical (unpaired) electrons. The van der Waals surface area contributed by atoms with E-state index in [1.54, 1.807) is 12.1 Å². The molecule has 0 heterocycles. The summed E-state index contributed by atoms with van der Waals surface area (Å²) >= 11 is 0. The molecule has 0 amide bonds. The van der Waals surface area contributed by atoms with Gasteiger partial charge in [0, 0.05) is 12.2 Å². The van der Waals surface area contributed by atoms with Crippen molar-refractivity contribution in [1.82, 2.24) is 4.72 Å². The van der Waals surface area contributed by atoms with Gasteiger partial charge in [0.2, 0.25) is 10.0 Å². The number of hydrogen-bond acceptors (Lipinski definition) is 4. The van der Waals surface area contributed by atoms with Crippen molar-refractivity contribution >= 4 is 21.7 Å². The van der Waals surface area contributed by atoms with E-state index in [1.807, 2.05) is 0 Å². The minimum absolute atomic E-state index is 0.0105. The maximum atomic E-state index is 11.4. The predicted molar refractivity (Wildman–Crippen MR) is 63.4 cm³/mol. The molecule has 0 aliphatic rings. The summed E-state index contributed by atoms with van der Waals surface area (Å²) < 4.78 is 25.0. The summed E-state index contributed by atoms with van der Waals surface area (Å²) in [5.74, 6) is -0.883. The van der Waals surface area contributed by atoms with Crippen molar-refractivity contribution in [3.8, 4) is 0 Å². The zero-order valence-corrected chi connectivity index (χ0v) is 10.1. The molecule has 0 aromatic heterocycles. The van der Waals surface area contributed by atoms with E-state index in [1.165, 1.54) is 19.2 Å². The number of carboxylic acids is 1. The Hall–Kier alpha value is -1.60. The molecule has 3 N–H and O–H groups in total. The van der Waals surface area contributed by atoms with Crippen LogP contribution < -0.4 is 10.0 Å². The molecule has 0 bridgehead atoms. The lowest BCUT2D eigenvalue weighted by molar-refractivity contribution is -0.136. The second-order valence-corrected chi connectivity index (χ2v) is 5.19. The lowest BCUT2D eigenvalue weighted by Crippen LogP contribution is -2.18. The summed E-state index contributed by atoms with van der Waals surface area (Å²) in [5, 5.41) is 11.3. The Morgan fingerprint density at radius 3 is 2.35 bits per heavy atom. The largest absolute Gasteiger partial charge is 0.481 e. The molecule has 1 rings (SSSR count). The monoisotopic (exact) mass is 258 g/mol. The van der Waals surface area contributed by atoms with E-state index in [9.17, 15) is 13.2 Å². The summed E-state index contributed by atoms with van der Waals surface area (Å²) in [5.41, 5.74) is 0.682. The van der Waals surface area contributed by atoms with Crippen LogP contribution in [-0.2, 0) is 14.8 Å². The minimum Gasteiger partial charge on any atom is -0.481 e. The highest BCUT2D eigenvalue weighted by Crippen LogP contribution is 2.13. The highest BCUT2D eigenvalue weighted by Gasteiger charge is 2.10. The van der Waals surface area contributed by atoms with E-state index in [2.05, 4.69) is 10.0 Å². The number of nitrogens with one attached hydrogen (secondary N) is 2. The van der Waals surface area contributed by atoms with Crippen molar-refractivity contribution in [3.63, 3.8) is 0 Å². The van der Waals surface area contributed by atoms with Gasteiger partial charge in [-0.05, 0) is 31.3 Å². The average Bonchev–Trinajstić information content (AvgIpc) is 2.29. The normalized spacial score (nSPS) is 11.1. The summed E-state index contributed by atoms with van der Waals surface area (Å²) in [4.78, 5) is 10.5. The van der Waals surface area contributed by atoms with Gasteiger partial charge in [-0.2, -0.15) is 0 Å². The van der Waals surface area contributed by atoms with Crippen LogP contribution in [0.4, 0.5) is 5.69 Å².